The number of amides is 1. The van der Waals surface area contributed by atoms with E-state index in [9.17, 15) is 30.3 Å². The third kappa shape index (κ3) is 19.4. The van der Waals surface area contributed by atoms with Gasteiger partial charge in [0.25, 0.3) is 0 Å². The molecule has 1 aliphatic heterocycles. The zero-order chi connectivity index (χ0) is 33.1. The number of carbonyl (C=O) groups excluding carboxylic acids is 1. The van der Waals surface area contributed by atoms with E-state index in [-0.39, 0.29) is 12.5 Å². The smallest absolute Gasteiger partial charge is 0.220 e. The van der Waals surface area contributed by atoms with Crippen molar-refractivity contribution < 1.29 is 39.8 Å². The van der Waals surface area contributed by atoms with Crippen molar-refractivity contribution in [3.05, 3.63) is 48.6 Å². The zero-order valence-corrected chi connectivity index (χ0v) is 27.8. The number of hydrogen-bond acceptors (Lipinski definition) is 8. The number of allylic oxidation sites excluding steroid dienone is 7. The van der Waals surface area contributed by atoms with Gasteiger partial charge in [-0.2, -0.15) is 0 Å². The molecule has 7 unspecified atom stereocenters. The van der Waals surface area contributed by atoms with E-state index in [1.54, 1.807) is 6.08 Å². The Hall–Kier alpha value is -1.85. The summed E-state index contributed by atoms with van der Waals surface area (Å²) < 4.78 is 11.0. The molecule has 0 aliphatic carbocycles. The molecular weight excluding hydrogens is 574 g/mol. The minimum absolute atomic E-state index is 0.201. The molecule has 260 valence electrons. The Kier molecular flexibility index (Phi) is 25.0. The van der Waals surface area contributed by atoms with E-state index >= 15 is 0 Å². The maximum atomic E-state index is 12.7. The van der Waals surface area contributed by atoms with Crippen molar-refractivity contribution in [1.29, 1.82) is 0 Å². The van der Waals surface area contributed by atoms with E-state index in [0.29, 0.717) is 6.42 Å². The molecule has 9 heteroatoms. The van der Waals surface area contributed by atoms with E-state index < -0.39 is 49.5 Å². The van der Waals surface area contributed by atoms with Crippen molar-refractivity contribution in [1.82, 2.24) is 5.32 Å². The molecule has 1 fully saturated rings. The Bertz CT molecular complexity index is 843. The van der Waals surface area contributed by atoms with E-state index in [2.05, 4.69) is 48.7 Å². The lowest BCUT2D eigenvalue weighted by Gasteiger charge is -2.40. The van der Waals surface area contributed by atoms with Crippen LogP contribution in [0.25, 0.3) is 0 Å². The van der Waals surface area contributed by atoms with Gasteiger partial charge < -0.3 is 40.3 Å². The van der Waals surface area contributed by atoms with Gasteiger partial charge in [-0.1, -0.05) is 107 Å². The van der Waals surface area contributed by atoms with Crippen molar-refractivity contribution in [2.45, 2.75) is 159 Å². The monoisotopic (exact) mass is 637 g/mol. The molecule has 0 radical (unpaired) electrons. The van der Waals surface area contributed by atoms with E-state index in [1.807, 2.05) is 13.0 Å². The van der Waals surface area contributed by atoms with Crippen LogP contribution in [0.5, 0.6) is 0 Å². The number of aliphatic hydroxyl groups excluding tert-OH is 5. The number of unbranched alkanes of at least 4 members (excludes halogenated alkanes) is 10. The molecule has 0 saturated carbocycles. The van der Waals surface area contributed by atoms with Gasteiger partial charge >= 0.3 is 0 Å². The van der Waals surface area contributed by atoms with Gasteiger partial charge in [-0.05, 0) is 51.4 Å². The Balaban J connectivity index is 2.27. The summed E-state index contributed by atoms with van der Waals surface area (Å²) >= 11 is 0. The predicted molar refractivity (Wildman–Crippen MR) is 179 cm³/mol. The third-order valence-electron chi connectivity index (χ3n) is 7.88. The fourth-order valence-corrected chi connectivity index (χ4v) is 4.99. The Labute approximate surface area is 272 Å². The first-order valence-corrected chi connectivity index (χ1v) is 17.4. The van der Waals surface area contributed by atoms with Crippen LogP contribution < -0.4 is 5.32 Å². The summed E-state index contributed by atoms with van der Waals surface area (Å²) in [5.41, 5.74) is 0. The van der Waals surface area contributed by atoms with Gasteiger partial charge in [0.2, 0.25) is 5.91 Å². The van der Waals surface area contributed by atoms with Crippen molar-refractivity contribution in [3.63, 3.8) is 0 Å². The molecule has 7 atom stereocenters. The molecule has 45 heavy (non-hydrogen) atoms. The molecule has 1 saturated heterocycles. The topological polar surface area (TPSA) is 149 Å². The number of hydrogen-bond donors (Lipinski definition) is 6. The molecule has 9 nitrogen and oxygen atoms in total. The van der Waals surface area contributed by atoms with Crippen LogP contribution in [0.1, 0.15) is 117 Å². The highest BCUT2D eigenvalue weighted by atomic mass is 16.7. The van der Waals surface area contributed by atoms with Crippen molar-refractivity contribution in [2.24, 2.45) is 0 Å². The quantitative estimate of drug-likeness (QED) is 0.0563. The highest BCUT2D eigenvalue weighted by molar-refractivity contribution is 5.76. The fraction of sp³-hybridized carbons (Fsp3) is 0.750. The van der Waals surface area contributed by atoms with Crippen molar-refractivity contribution in [2.75, 3.05) is 13.2 Å². The molecule has 1 amide bonds. The molecule has 0 aromatic heterocycles. The largest absolute Gasteiger partial charge is 0.394 e. The molecule has 0 aromatic carbocycles. The summed E-state index contributed by atoms with van der Waals surface area (Å²) in [7, 11) is 0. The first-order chi connectivity index (χ1) is 21.8. The van der Waals surface area contributed by atoms with Crippen LogP contribution in [0.15, 0.2) is 48.6 Å². The lowest BCUT2D eigenvalue weighted by Crippen LogP contribution is -2.60. The Morgan fingerprint density at radius 1 is 0.756 bits per heavy atom. The number of rotatable bonds is 26. The Morgan fingerprint density at radius 3 is 1.98 bits per heavy atom. The normalized spacial score (nSPS) is 23.9. The zero-order valence-electron chi connectivity index (χ0n) is 27.8. The SMILES string of the molecule is CCC/C=C/C(O)C(COC1OC(CO)C(O)C(O)C1O)NC(=O)CCCCCCCC/C=C\C/C=C\C/C=C\CCCCC. The second kappa shape index (κ2) is 27.3. The van der Waals surface area contributed by atoms with Gasteiger partial charge in [-0.3, -0.25) is 4.79 Å². The number of aliphatic hydroxyl groups is 5. The van der Waals surface area contributed by atoms with Crippen LogP contribution in [-0.2, 0) is 14.3 Å². The number of nitrogens with one attached hydrogen (secondary N) is 1. The summed E-state index contributed by atoms with van der Waals surface area (Å²) in [5.74, 6) is -0.206. The molecule has 1 aliphatic rings. The number of carbonyl (C=O) groups is 1. The van der Waals surface area contributed by atoms with E-state index in [0.717, 1.165) is 57.8 Å². The van der Waals surface area contributed by atoms with Crippen LogP contribution >= 0.6 is 0 Å². The first-order valence-electron chi connectivity index (χ1n) is 17.4. The van der Waals surface area contributed by atoms with E-state index in [1.165, 1.54) is 38.5 Å². The maximum absolute atomic E-state index is 12.7. The average Bonchev–Trinajstić information content (AvgIpc) is 3.03. The molecule has 6 N–H and O–H groups in total. The van der Waals surface area contributed by atoms with Crippen LogP contribution in [0.2, 0.25) is 0 Å². The van der Waals surface area contributed by atoms with Gasteiger partial charge in [0.1, 0.15) is 24.4 Å². The van der Waals surface area contributed by atoms with Crippen LogP contribution in [0.4, 0.5) is 0 Å². The lowest BCUT2D eigenvalue weighted by atomic mass is 9.99. The highest BCUT2D eigenvalue weighted by Crippen LogP contribution is 2.22. The summed E-state index contributed by atoms with van der Waals surface area (Å²) in [5, 5.41) is 53.1. The molecule has 0 spiro atoms. The second-order valence-electron chi connectivity index (χ2n) is 12.0. The molecule has 0 aromatic rings. The summed E-state index contributed by atoms with van der Waals surface area (Å²) in [4.78, 5) is 12.7. The van der Waals surface area contributed by atoms with Gasteiger partial charge in [0.05, 0.1) is 25.4 Å². The fourth-order valence-electron chi connectivity index (χ4n) is 4.99. The maximum Gasteiger partial charge on any atom is 0.220 e. The Morgan fingerprint density at radius 2 is 1.36 bits per heavy atom. The van der Waals surface area contributed by atoms with Crippen LogP contribution in [0, 0.1) is 0 Å². The molecule has 1 heterocycles. The third-order valence-corrected chi connectivity index (χ3v) is 7.88. The van der Waals surface area contributed by atoms with Crippen LogP contribution in [-0.4, -0.2) is 87.5 Å². The second-order valence-corrected chi connectivity index (χ2v) is 12.0. The standard InChI is InChI=1S/C36H63NO8/c1-3-5-7-8-9-10-11-12-13-14-15-16-17-18-19-20-21-22-24-26-32(40)37-29(30(39)25-23-6-4-2)28-44-36-35(43)34(42)33(41)31(27-38)45-36/h9-10,12-13,15-16,23,25,29-31,33-36,38-39,41-43H,3-8,11,14,17-22,24,26-28H2,1-2H3,(H,37,40)/b10-9-,13-12-,16-15-,25-23+. The number of ether oxygens (including phenoxy) is 2. The first kappa shape index (κ1) is 41.2. The summed E-state index contributed by atoms with van der Waals surface area (Å²) in [6, 6.07) is -0.807. The minimum Gasteiger partial charge on any atom is -0.394 e. The van der Waals surface area contributed by atoms with Gasteiger partial charge in [0, 0.05) is 6.42 Å². The van der Waals surface area contributed by atoms with Gasteiger partial charge in [0.15, 0.2) is 6.29 Å². The molecule has 0 bridgehead atoms. The lowest BCUT2D eigenvalue weighted by molar-refractivity contribution is -0.302. The average molecular weight is 638 g/mol. The molecule has 1 rings (SSSR count). The van der Waals surface area contributed by atoms with Gasteiger partial charge in [-0.25, -0.2) is 0 Å². The minimum atomic E-state index is -1.57. The van der Waals surface area contributed by atoms with Crippen LogP contribution in [0.3, 0.4) is 0 Å². The molecular formula is C36H63NO8. The van der Waals surface area contributed by atoms with Crippen molar-refractivity contribution >= 4 is 5.91 Å². The van der Waals surface area contributed by atoms with Crippen molar-refractivity contribution in [3.8, 4) is 0 Å². The summed E-state index contributed by atoms with van der Waals surface area (Å²) in [6.07, 6.45) is 25.3. The van der Waals surface area contributed by atoms with E-state index in [4.69, 9.17) is 9.47 Å². The van der Waals surface area contributed by atoms with Gasteiger partial charge in [-0.15, -0.1) is 0 Å². The highest BCUT2D eigenvalue weighted by Gasteiger charge is 2.44. The predicted octanol–water partition coefficient (Wildman–Crippen LogP) is 5.15. The summed E-state index contributed by atoms with van der Waals surface area (Å²) in [6.45, 7) is 3.48.